The minimum absolute atomic E-state index is 0.344. The summed E-state index contributed by atoms with van der Waals surface area (Å²) in [7, 11) is 3.38. The van der Waals surface area contributed by atoms with Gasteiger partial charge in [-0.1, -0.05) is 17.7 Å². The van der Waals surface area contributed by atoms with Crippen molar-refractivity contribution in [3.8, 4) is 16.9 Å². The van der Waals surface area contributed by atoms with Crippen LogP contribution in [0.4, 0.5) is 15.9 Å². The molecule has 0 amide bonds. The fourth-order valence-corrected chi connectivity index (χ4v) is 3.39. The van der Waals surface area contributed by atoms with E-state index in [0.717, 1.165) is 16.8 Å². The molecule has 0 radical (unpaired) electrons. The van der Waals surface area contributed by atoms with Crippen molar-refractivity contribution in [2.45, 2.75) is 6.92 Å². The average Bonchev–Trinajstić information content (AvgIpc) is 2.84. The van der Waals surface area contributed by atoms with Crippen molar-refractivity contribution in [1.82, 2.24) is 9.78 Å². The van der Waals surface area contributed by atoms with Gasteiger partial charge in [0.1, 0.15) is 17.4 Å². The lowest BCUT2D eigenvalue weighted by Gasteiger charge is -2.13. The second-order valence-corrected chi connectivity index (χ2v) is 6.76. The number of nitrogens with zero attached hydrogens (tertiary/aromatic N) is 2. The van der Waals surface area contributed by atoms with Gasteiger partial charge in [-0.25, -0.2) is 4.39 Å². The first kappa shape index (κ1) is 17.8. The van der Waals surface area contributed by atoms with Gasteiger partial charge in [0.2, 0.25) is 0 Å². The first-order valence-electron chi connectivity index (χ1n) is 7.51. The SMILES string of the molecule is COc1ccc(-c2c(C)nn(C)c2Nc2c(F)cccc2Br)c(Cl)c1. The maximum Gasteiger partial charge on any atom is 0.147 e. The summed E-state index contributed by atoms with van der Waals surface area (Å²) in [5.74, 6) is 0.956. The summed E-state index contributed by atoms with van der Waals surface area (Å²) in [5.41, 5.74) is 2.73. The fraction of sp³-hybridized carbons (Fsp3) is 0.167. The largest absolute Gasteiger partial charge is 0.497 e. The lowest BCUT2D eigenvalue weighted by atomic mass is 10.1. The number of anilines is 2. The Labute approximate surface area is 158 Å². The second kappa shape index (κ2) is 7.06. The molecular weight excluding hydrogens is 409 g/mol. The number of para-hydroxylation sites is 1. The lowest BCUT2D eigenvalue weighted by Crippen LogP contribution is -2.02. The minimum atomic E-state index is -0.361. The summed E-state index contributed by atoms with van der Waals surface area (Å²) in [4.78, 5) is 0. The number of methoxy groups -OCH3 is 1. The first-order valence-corrected chi connectivity index (χ1v) is 8.68. The van der Waals surface area contributed by atoms with Crippen molar-refractivity contribution >= 4 is 39.0 Å². The molecule has 3 aromatic rings. The summed E-state index contributed by atoms with van der Waals surface area (Å²) in [6, 6.07) is 10.3. The lowest BCUT2D eigenvalue weighted by molar-refractivity contribution is 0.415. The van der Waals surface area contributed by atoms with E-state index >= 15 is 0 Å². The van der Waals surface area contributed by atoms with Crippen LogP contribution in [0.5, 0.6) is 5.75 Å². The van der Waals surface area contributed by atoms with Gasteiger partial charge in [0.15, 0.2) is 0 Å². The van der Waals surface area contributed by atoms with Crippen LogP contribution >= 0.6 is 27.5 Å². The number of nitrogens with one attached hydrogen (secondary N) is 1. The third-order valence-electron chi connectivity index (χ3n) is 3.87. The highest BCUT2D eigenvalue weighted by molar-refractivity contribution is 9.10. The summed E-state index contributed by atoms with van der Waals surface area (Å²) in [5, 5.41) is 8.13. The Hall–Kier alpha value is -2.05. The number of rotatable bonds is 4. The van der Waals surface area contributed by atoms with E-state index in [9.17, 15) is 4.39 Å². The summed E-state index contributed by atoms with van der Waals surface area (Å²) < 4.78 is 21.7. The van der Waals surface area contributed by atoms with Gasteiger partial charge >= 0.3 is 0 Å². The van der Waals surface area contributed by atoms with Crippen LogP contribution < -0.4 is 10.1 Å². The Morgan fingerprint density at radius 1 is 1.28 bits per heavy atom. The topological polar surface area (TPSA) is 39.1 Å². The molecule has 0 unspecified atom stereocenters. The van der Waals surface area contributed by atoms with Crippen molar-refractivity contribution in [3.63, 3.8) is 0 Å². The van der Waals surface area contributed by atoms with Crippen molar-refractivity contribution < 1.29 is 9.13 Å². The molecule has 0 atom stereocenters. The predicted molar refractivity (Wildman–Crippen MR) is 102 cm³/mol. The van der Waals surface area contributed by atoms with E-state index in [4.69, 9.17) is 16.3 Å². The van der Waals surface area contributed by atoms with Crippen LogP contribution in [0, 0.1) is 12.7 Å². The van der Waals surface area contributed by atoms with Crippen LogP contribution in [0.2, 0.25) is 5.02 Å². The van der Waals surface area contributed by atoms with E-state index < -0.39 is 0 Å². The molecule has 0 fully saturated rings. The molecule has 0 saturated carbocycles. The second-order valence-electron chi connectivity index (χ2n) is 5.50. The van der Waals surface area contributed by atoms with Crippen molar-refractivity contribution in [3.05, 3.63) is 57.4 Å². The zero-order valence-electron chi connectivity index (χ0n) is 13.9. The first-order chi connectivity index (χ1) is 11.9. The zero-order valence-corrected chi connectivity index (χ0v) is 16.2. The smallest absolute Gasteiger partial charge is 0.147 e. The van der Waals surface area contributed by atoms with E-state index in [0.29, 0.717) is 26.8 Å². The molecule has 4 nitrogen and oxygen atoms in total. The zero-order chi connectivity index (χ0) is 18.1. The Kier molecular flexibility index (Phi) is 5.01. The van der Waals surface area contributed by atoms with E-state index in [1.54, 1.807) is 37.0 Å². The Morgan fingerprint density at radius 3 is 2.68 bits per heavy atom. The van der Waals surface area contributed by atoms with Gasteiger partial charge in [-0.3, -0.25) is 4.68 Å². The Morgan fingerprint density at radius 2 is 2.04 bits per heavy atom. The van der Waals surface area contributed by atoms with E-state index in [1.165, 1.54) is 6.07 Å². The number of aryl methyl sites for hydroxylation is 2. The van der Waals surface area contributed by atoms with Crippen molar-refractivity contribution in [2.24, 2.45) is 7.05 Å². The molecule has 1 aromatic heterocycles. The maximum atomic E-state index is 14.2. The van der Waals surface area contributed by atoms with E-state index in [2.05, 4.69) is 26.3 Å². The number of hydrogen-bond acceptors (Lipinski definition) is 3. The summed E-state index contributed by atoms with van der Waals surface area (Å²) in [6.07, 6.45) is 0. The van der Waals surface area contributed by atoms with Crippen molar-refractivity contribution in [1.29, 1.82) is 0 Å². The predicted octanol–water partition coefficient (Wildman–Crippen LogP) is 5.70. The molecule has 0 saturated heterocycles. The molecule has 130 valence electrons. The maximum absolute atomic E-state index is 14.2. The quantitative estimate of drug-likeness (QED) is 0.583. The van der Waals surface area contributed by atoms with E-state index in [1.807, 2.05) is 19.1 Å². The summed E-state index contributed by atoms with van der Waals surface area (Å²) in [6.45, 7) is 1.89. The van der Waals surface area contributed by atoms with E-state index in [-0.39, 0.29) is 5.82 Å². The van der Waals surface area contributed by atoms with Crippen LogP contribution in [-0.4, -0.2) is 16.9 Å². The number of ether oxygens (including phenoxy) is 1. The average molecular weight is 425 g/mol. The molecule has 0 spiro atoms. The highest BCUT2D eigenvalue weighted by Gasteiger charge is 2.20. The number of hydrogen-bond donors (Lipinski definition) is 1. The van der Waals surface area contributed by atoms with Gasteiger partial charge in [0, 0.05) is 22.6 Å². The van der Waals surface area contributed by atoms with Gasteiger partial charge in [-0.15, -0.1) is 0 Å². The monoisotopic (exact) mass is 423 g/mol. The Balaban J connectivity index is 2.14. The van der Waals surface area contributed by atoms with Gasteiger partial charge in [-0.05, 0) is 53.2 Å². The third-order valence-corrected chi connectivity index (χ3v) is 4.85. The molecule has 25 heavy (non-hydrogen) atoms. The van der Waals surface area contributed by atoms with Crippen LogP contribution in [0.15, 0.2) is 40.9 Å². The third kappa shape index (κ3) is 3.37. The molecule has 0 aliphatic carbocycles. The van der Waals surface area contributed by atoms with Crippen LogP contribution in [0.25, 0.3) is 11.1 Å². The van der Waals surface area contributed by atoms with Gasteiger partial charge in [-0.2, -0.15) is 5.10 Å². The molecule has 2 aromatic carbocycles. The molecule has 1 N–H and O–H groups in total. The highest BCUT2D eigenvalue weighted by atomic mass is 79.9. The molecule has 0 aliphatic rings. The molecule has 0 aliphatic heterocycles. The van der Waals surface area contributed by atoms with Gasteiger partial charge in [0.25, 0.3) is 0 Å². The minimum Gasteiger partial charge on any atom is -0.497 e. The van der Waals surface area contributed by atoms with Crippen LogP contribution in [0.1, 0.15) is 5.69 Å². The standard InChI is InChI=1S/C18H16BrClFN3O/c1-10-16(12-8-7-11(25-3)9-14(12)20)18(24(2)23-10)22-17-13(19)5-4-6-15(17)21/h4-9,22H,1-3H3. The van der Waals surface area contributed by atoms with Crippen LogP contribution in [0.3, 0.4) is 0 Å². The van der Waals surface area contributed by atoms with Gasteiger partial charge < -0.3 is 10.1 Å². The molecular formula is C18H16BrClFN3O. The molecule has 0 bridgehead atoms. The number of aromatic nitrogens is 2. The summed E-state index contributed by atoms with van der Waals surface area (Å²) >= 11 is 9.81. The van der Waals surface area contributed by atoms with Crippen molar-refractivity contribution in [2.75, 3.05) is 12.4 Å². The molecule has 3 rings (SSSR count). The molecule has 7 heteroatoms. The highest BCUT2D eigenvalue weighted by Crippen LogP contribution is 2.39. The normalized spacial score (nSPS) is 10.8. The Bertz CT molecular complexity index is 922. The number of benzene rings is 2. The molecule has 1 heterocycles. The van der Waals surface area contributed by atoms with Gasteiger partial charge in [0.05, 0.1) is 23.5 Å². The number of halogens is 3. The fourth-order valence-electron chi connectivity index (χ4n) is 2.69. The van der Waals surface area contributed by atoms with Crippen LogP contribution in [-0.2, 0) is 7.05 Å².